The summed E-state index contributed by atoms with van der Waals surface area (Å²) < 4.78 is 40.6. The van der Waals surface area contributed by atoms with Gasteiger partial charge >= 0.3 is 6.36 Å². The molecule has 0 saturated heterocycles. The molecule has 1 atom stereocenters. The lowest BCUT2D eigenvalue weighted by molar-refractivity contribution is -0.274. The second-order valence-corrected chi connectivity index (χ2v) is 5.66. The quantitative estimate of drug-likeness (QED) is 0.712. The molecule has 0 bridgehead atoms. The molecular formula is C16H13ClF3N3O. The van der Waals surface area contributed by atoms with Gasteiger partial charge in [-0.15, -0.1) is 13.2 Å². The third-order valence-electron chi connectivity index (χ3n) is 3.58. The maximum absolute atomic E-state index is 12.2. The molecule has 3 rings (SSSR count). The zero-order valence-corrected chi connectivity index (χ0v) is 13.3. The van der Waals surface area contributed by atoms with Crippen LogP contribution in [0.5, 0.6) is 5.75 Å². The van der Waals surface area contributed by atoms with Crippen molar-refractivity contribution in [1.82, 2.24) is 15.0 Å². The molecule has 1 unspecified atom stereocenters. The van der Waals surface area contributed by atoms with Gasteiger partial charge < -0.3 is 9.72 Å². The summed E-state index contributed by atoms with van der Waals surface area (Å²) in [5.41, 5.74) is 2.09. The maximum Gasteiger partial charge on any atom is 0.573 e. The summed E-state index contributed by atoms with van der Waals surface area (Å²) in [6, 6.07) is 7.52. The number of hydrogen-bond acceptors (Lipinski definition) is 3. The lowest BCUT2D eigenvalue weighted by Gasteiger charge is -2.14. The Hall–Kier alpha value is -2.28. The molecule has 2 heterocycles. The molecule has 4 nitrogen and oxygen atoms in total. The van der Waals surface area contributed by atoms with Crippen LogP contribution in [-0.4, -0.2) is 21.3 Å². The molecule has 1 aromatic carbocycles. The molecule has 2 aromatic heterocycles. The van der Waals surface area contributed by atoms with E-state index in [2.05, 4.69) is 19.7 Å². The molecule has 0 radical (unpaired) electrons. The van der Waals surface area contributed by atoms with E-state index in [1.807, 2.05) is 6.92 Å². The second-order valence-electron chi connectivity index (χ2n) is 5.22. The molecule has 0 aliphatic carbocycles. The van der Waals surface area contributed by atoms with Crippen LogP contribution in [0.15, 0.2) is 36.5 Å². The summed E-state index contributed by atoms with van der Waals surface area (Å²) in [6.07, 6.45) is -2.47. The van der Waals surface area contributed by atoms with Gasteiger partial charge in [0.25, 0.3) is 0 Å². The number of H-pyrrole nitrogens is 1. The highest BCUT2D eigenvalue weighted by Gasteiger charge is 2.31. The van der Waals surface area contributed by atoms with Crippen LogP contribution in [0, 0.1) is 0 Å². The van der Waals surface area contributed by atoms with Gasteiger partial charge in [0.05, 0.1) is 10.5 Å². The number of nitrogens with zero attached hydrogens (tertiary/aromatic N) is 2. The number of hydrogen-bond donors (Lipinski definition) is 1. The van der Waals surface area contributed by atoms with E-state index < -0.39 is 6.36 Å². The number of alkyl halides is 3. The smallest absolute Gasteiger partial charge is 0.406 e. The minimum Gasteiger partial charge on any atom is -0.406 e. The molecule has 0 spiro atoms. The van der Waals surface area contributed by atoms with Crippen molar-refractivity contribution in [2.45, 2.75) is 25.6 Å². The normalized spacial score (nSPS) is 13.2. The highest BCUT2D eigenvalue weighted by atomic mass is 35.5. The first-order chi connectivity index (χ1) is 11.4. The number of aromatic amines is 1. The predicted molar refractivity (Wildman–Crippen MR) is 84.2 cm³/mol. The van der Waals surface area contributed by atoms with Crippen LogP contribution < -0.4 is 4.74 Å². The highest BCUT2D eigenvalue weighted by molar-refractivity contribution is 6.31. The van der Waals surface area contributed by atoms with Gasteiger partial charge in [-0.05, 0) is 30.2 Å². The van der Waals surface area contributed by atoms with Gasteiger partial charge in [0.1, 0.15) is 11.6 Å². The van der Waals surface area contributed by atoms with E-state index in [1.54, 1.807) is 18.2 Å². The molecule has 1 N–H and O–H groups in total. The number of nitrogens with one attached hydrogen (secondary N) is 1. The van der Waals surface area contributed by atoms with E-state index in [9.17, 15) is 13.2 Å². The van der Waals surface area contributed by atoms with E-state index in [1.165, 1.54) is 18.3 Å². The molecule has 24 heavy (non-hydrogen) atoms. The highest BCUT2D eigenvalue weighted by Crippen LogP contribution is 2.30. The van der Waals surface area contributed by atoms with E-state index in [0.717, 1.165) is 5.56 Å². The number of ether oxygens (including phenoxy) is 1. The molecule has 126 valence electrons. The monoisotopic (exact) mass is 355 g/mol. The van der Waals surface area contributed by atoms with Gasteiger partial charge in [-0.25, -0.2) is 9.97 Å². The summed E-state index contributed by atoms with van der Waals surface area (Å²) >= 11 is 5.91. The van der Waals surface area contributed by atoms with Crippen molar-refractivity contribution in [3.05, 3.63) is 52.9 Å². The number of fused-ring (bicyclic) bond motifs is 1. The minimum atomic E-state index is -4.70. The zero-order chi connectivity index (χ0) is 17.3. The largest absolute Gasteiger partial charge is 0.573 e. The third-order valence-corrected chi connectivity index (χ3v) is 3.78. The Bertz CT molecular complexity index is 846. The molecule has 0 amide bonds. The lowest BCUT2D eigenvalue weighted by atomic mass is 9.96. The minimum absolute atomic E-state index is 0.0992. The van der Waals surface area contributed by atoms with Crippen molar-refractivity contribution in [3.63, 3.8) is 0 Å². The Morgan fingerprint density at radius 1 is 1.25 bits per heavy atom. The number of rotatable bonds is 4. The molecule has 0 aliphatic rings. The topological polar surface area (TPSA) is 50.8 Å². The van der Waals surface area contributed by atoms with Gasteiger partial charge in [0, 0.05) is 12.1 Å². The number of benzene rings is 1. The van der Waals surface area contributed by atoms with Crippen molar-refractivity contribution in [3.8, 4) is 5.75 Å². The van der Waals surface area contributed by atoms with Crippen LogP contribution in [0.3, 0.4) is 0 Å². The third kappa shape index (κ3) is 3.62. The summed E-state index contributed by atoms with van der Waals surface area (Å²) in [5, 5.41) is 0.499. The molecular weight excluding hydrogens is 343 g/mol. The van der Waals surface area contributed by atoms with Crippen LogP contribution in [0.25, 0.3) is 11.2 Å². The van der Waals surface area contributed by atoms with Crippen LogP contribution in [0.1, 0.15) is 30.7 Å². The Labute approximate surface area is 140 Å². The van der Waals surface area contributed by atoms with Gasteiger partial charge in [-0.1, -0.05) is 30.7 Å². The number of pyridine rings is 1. The summed E-state index contributed by atoms with van der Waals surface area (Å²) in [7, 11) is 0. The van der Waals surface area contributed by atoms with Crippen LogP contribution in [0.4, 0.5) is 13.2 Å². The number of imidazole rings is 1. The van der Waals surface area contributed by atoms with Crippen LogP contribution in [0.2, 0.25) is 5.02 Å². The van der Waals surface area contributed by atoms with E-state index in [-0.39, 0.29) is 11.7 Å². The van der Waals surface area contributed by atoms with Crippen molar-refractivity contribution >= 4 is 22.8 Å². The van der Waals surface area contributed by atoms with Gasteiger partial charge in [0.2, 0.25) is 0 Å². The van der Waals surface area contributed by atoms with Crippen molar-refractivity contribution in [2.75, 3.05) is 0 Å². The van der Waals surface area contributed by atoms with E-state index in [4.69, 9.17) is 11.6 Å². The SMILES string of the molecule is CCC(c1ccc(OC(F)(F)F)cc1)c1nc2ncc(Cl)cc2[nH]1. The predicted octanol–water partition coefficient (Wildman–Crippen LogP) is 5.05. The Morgan fingerprint density at radius 3 is 2.58 bits per heavy atom. The van der Waals surface area contributed by atoms with Gasteiger partial charge in [0.15, 0.2) is 5.65 Å². The number of aromatic nitrogens is 3. The average Bonchev–Trinajstić information content (AvgIpc) is 2.91. The van der Waals surface area contributed by atoms with Crippen molar-refractivity contribution in [1.29, 1.82) is 0 Å². The Balaban J connectivity index is 1.89. The zero-order valence-electron chi connectivity index (χ0n) is 12.6. The molecule has 8 heteroatoms. The van der Waals surface area contributed by atoms with Crippen molar-refractivity contribution in [2.24, 2.45) is 0 Å². The lowest BCUT2D eigenvalue weighted by Crippen LogP contribution is -2.17. The van der Waals surface area contributed by atoms with Crippen LogP contribution >= 0.6 is 11.6 Å². The fourth-order valence-corrected chi connectivity index (χ4v) is 2.70. The standard InChI is InChI=1S/C16H13ClF3N3O/c1-2-12(9-3-5-11(6-4-9)24-16(18,19)20)14-22-13-7-10(17)8-21-15(13)23-14/h3-8,12H,2H2,1H3,(H,21,22,23). The molecule has 0 saturated carbocycles. The first-order valence-corrected chi connectivity index (χ1v) is 7.60. The van der Waals surface area contributed by atoms with Gasteiger partial charge in [-0.2, -0.15) is 0 Å². The maximum atomic E-state index is 12.2. The Morgan fingerprint density at radius 2 is 1.96 bits per heavy atom. The van der Waals surface area contributed by atoms with Gasteiger partial charge in [-0.3, -0.25) is 0 Å². The summed E-state index contributed by atoms with van der Waals surface area (Å²) in [5.74, 6) is 0.337. The van der Waals surface area contributed by atoms with Crippen molar-refractivity contribution < 1.29 is 17.9 Å². The average molecular weight is 356 g/mol. The van der Waals surface area contributed by atoms with Crippen LogP contribution in [-0.2, 0) is 0 Å². The molecule has 3 aromatic rings. The first kappa shape index (κ1) is 16.6. The fraction of sp³-hybridized carbons (Fsp3) is 0.250. The first-order valence-electron chi connectivity index (χ1n) is 7.22. The number of halogens is 4. The second kappa shape index (κ2) is 6.32. The van der Waals surface area contributed by atoms with E-state index >= 15 is 0 Å². The fourth-order valence-electron chi connectivity index (χ4n) is 2.55. The molecule has 0 aliphatic heterocycles. The summed E-state index contributed by atoms with van der Waals surface area (Å²) in [6.45, 7) is 1.97. The Kier molecular flexibility index (Phi) is 4.36. The molecule has 0 fully saturated rings. The van der Waals surface area contributed by atoms with E-state index in [0.29, 0.717) is 28.4 Å². The summed E-state index contributed by atoms with van der Waals surface area (Å²) in [4.78, 5) is 11.8.